The molecular weight excluding hydrogens is 172 g/mol. The fourth-order valence-corrected chi connectivity index (χ4v) is 2.12. The SMILES string of the molecule is CC1(C)[C@@H](N)[C@@H]1c1cccc(C#N)c1. The van der Waals surface area contributed by atoms with Crippen LogP contribution in [0, 0.1) is 16.7 Å². The Kier molecular flexibility index (Phi) is 1.87. The Morgan fingerprint density at radius 1 is 1.43 bits per heavy atom. The van der Waals surface area contributed by atoms with Gasteiger partial charge < -0.3 is 5.73 Å². The first-order valence-electron chi connectivity index (χ1n) is 4.83. The van der Waals surface area contributed by atoms with Gasteiger partial charge in [0, 0.05) is 12.0 Å². The van der Waals surface area contributed by atoms with Gasteiger partial charge in [-0.3, -0.25) is 0 Å². The highest BCUT2D eigenvalue weighted by Gasteiger charge is 2.56. The summed E-state index contributed by atoms with van der Waals surface area (Å²) in [7, 11) is 0. The van der Waals surface area contributed by atoms with Gasteiger partial charge in [0.05, 0.1) is 11.6 Å². The van der Waals surface area contributed by atoms with Crippen LogP contribution in [0.2, 0.25) is 0 Å². The molecule has 14 heavy (non-hydrogen) atoms. The third-order valence-electron chi connectivity index (χ3n) is 3.29. The molecule has 2 nitrogen and oxygen atoms in total. The minimum atomic E-state index is 0.189. The molecule has 2 rings (SSSR count). The van der Waals surface area contributed by atoms with Gasteiger partial charge in [-0.15, -0.1) is 0 Å². The molecule has 1 aromatic carbocycles. The summed E-state index contributed by atoms with van der Waals surface area (Å²) < 4.78 is 0. The molecule has 72 valence electrons. The van der Waals surface area contributed by atoms with Crippen LogP contribution in [0.15, 0.2) is 24.3 Å². The quantitative estimate of drug-likeness (QED) is 0.729. The largest absolute Gasteiger partial charge is 0.327 e. The Morgan fingerprint density at radius 3 is 2.57 bits per heavy atom. The van der Waals surface area contributed by atoms with Gasteiger partial charge in [-0.2, -0.15) is 5.26 Å². The molecule has 0 bridgehead atoms. The zero-order valence-electron chi connectivity index (χ0n) is 8.49. The molecule has 0 unspecified atom stereocenters. The lowest BCUT2D eigenvalue weighted by molar-refractivity contribution is 0.599. The molecule has 0 heterocycles. The summed E-state index contributed by atoms with van der Waals surface area (Å²) in [5, 5.41) is 8.78. The highest BCUT2D eigenvalue weighted by atomic mass is 14.8. The van der Waals surface area contributed by atoms with Gasteiger partial charge >= 0.3 is 0 Å². The van der Waals surface area contributed by atoms with E-state index in [-0.39, 0.29) is 11.5 Å². The van der Waals surface area contributed by atoms with E-state index in [2.05, 4.69) is 26.0 Å². The van der Waals surface area contributed by atoms with Gasteiger partial charge in [-0.1, -0.05) is 26.0 Å². The van der Waals surface area contributed by atoms with E-state index in [1.807, 2.05) is 18.2 Å². The van der Waals surface area contributed by atoms with Crippen molar-refractivity contribution in [3.05, 3.63) is 35.4 Å². The summed E-state index contributed by atoms with van der Waals surface area (Å²) in [5.41, 5.74) is 8.09. The number of nitrogens with two attached hydrogens (primary N) is 1. The number of rotatable bonds is 1. The van der Waals surface area contributed by atoms with Crippen molar-refractivity contribution < 1.29 is 0 Å². The number of nitriles is 1. The Morgan fingerprint density at radius 2 is 2.07 bits per heavy atom. The van der Waals surface area contributed by atoms with Gasteiger partial charge in [-0.25, -0.2) is 0 Å². The van der Waals surface area contributed by atoms with E-state index in [0.717, 1.165) is 5.56 Å². The average molecular weight is 186 g/mol. The maximum absolute atomic E-state index is 8.78. The third kappa shape index (κ3) is 1.21. The summed E-state index contributed by atoms with van der Waals surface area (Å²) in [4.78, 5) is 0. The smallest absolute Gasteiger partial charge is 0.0991 e. The van der Waals surface area contributed by atoms with Crippen LogP contribution in [0.4, 0.5) is 0 Å². The molecule has 1 aliphatic rings. The fraction of sp³-hybridized carbons (Fsp3) is 0.417. The van der Waals surface area contributed by atoms with Crippen LogP contribution in [-0.2, 0) is 0 Å². The highest BCUT2D eigenvalue weighted by Crippen LogP contribution is 2.57. The lowest BCUT2D eigenvalue weighted by atomic mass is 10.0. The van der Waals surface area contributed by atoms with Crippen molar-refractivity contribution >= 4 is 0 Å². The molecule has 0 saturated heterocycles. The van der Waals surface area contributed by atoms with Crippen molar-refractivity contribution in [2.24, 2.45) is 11.1 Å². The van der Waals surface area contributed by atoms with E-state index in [4.69, 9.17) is 11.0 Å². The molecule has 1 aromatic rings. The normalized spacial score (nSPS) is 28.1. The van der Waals surface area contributed by atoms with Crippen molar-refractivity contribution in [2.45, 2.75) is 25.8 Å². The van der Waals surface area contributed by atoms with E-state index in [9.17, 15) is 0 Å². The highest BCUT2D eigenvalue weighted by molar-refractivity contribution is 5.40. The van der Waals surface area contributed by atoms with Crippen LogP contribution in [-0.4, -0.2) is 6.04 Å². The minimum Gasteiger partial charge on any atom is -0.327 e. The van der Waals surface area contributed by atoms with Gasteiger partial charge in [0.25, 0.3) is 0 Å². The molecule has 0 aliphatic heterocycles. The van der Waals surface area contributed by atoms with Gasteiger partial charge in [-0.05, 0) is 23.1 Å². The molecule has 0 spiro atoms. The first-order valence-corrected chi connectivity index (χ1v) is 4.83. The van der Waals surface area contributed by atoms with Crippen LogP contribution in [0.5, 0.6) is 0 Å². The fourth-order valence-electron chi connectivity index (χ4n) is 2.12. The molecule has 2 atom stereocenters. The molecule has 1 saturated carbocycles. The second-order valence-electron chi connectivity index (χ2n) is 4.56. The second kappa shape index (κ2) is 2.83. The van der Waals surface area contributed by atoms with Crippen molar-refractivity contribution in [1.82, 2.24) is 0 Å². The van der Waals surface area contributed by atoms with E-state index in [1.54, 1.807) is 0 Å². The van der Waals surface area contributed by atoms with E-state index >= 15 is 0 Å². The number of nitrogens with zero attached hydrogens (tertiary/aromatic N) is 1. The molecular formula is C12H14N2. The van der Waals surface area contributed by atoms with Crippen molar-refractivity contribution in [3.8, 4) is 6.07 Å². The van der Waals surface area contributed by atoms with Crippen LogP contribution in [0.3, 0.4) is 0 Å². The molecule has 0 amide bonds. The van der Waals surface area contributed by atoms with E-state index in [1.165, 1.54) is 5.56 Å². The van der Waals surface area contributed by atoms with E-state index in [0.29, 0.717) is 5.92 Å². The lowest BCUT2D eigenvalue weighted by Crippen LogP contribution is -2.06. The minimum absolute atomic E-state index is 0.189. The number of benzene rings is 1. The Bertz CT molecular complexity index is 401. The standard InChI is InChI=1S/C12H14N2/c1-12(2)10(11(12)14)9-5-3-4-8(6-9)7-13/h3-6,10-11H,14H2,1-2H3/t10-,11-/m0/s1. The molecule has 0 aromatic heterocycles. The van der Waals surface area contributed by atoms with E-state index < -0.39 is 0 Å². The van der Waals surface area contributed by atoms with Gasteiger partial charge in [0.2, 0.25) is 0 Å². The molecule has 1 fully saturated rings. The zero-order valence-corrected chi connectivity index (χ0v) is 8.49. The molecule has 0 radical (unpaired) electrons. The van der Waals surface area contributed by atoms with Gasteiger partial charge in [0.1, 0.15) is 0 Å². The summed E-state index contributed by atoms with van der Waals surface area (Å²) in [6.07, 6.45) is 0. The number of hydrogen-bond donors (Lipinski definition) is 1. The predicted octanol–water partition coefficient (Wildman–Crippen LogP) is 2.01. The third-order valence-corrected chi connectivity index (χ3v) is 3.29. The van der Waals surface area contributed by atoms with Crippen molar-refractivity contribution in [3.63, 3.8) is 0 Å². The van der Waals surface area contributed by atoms with Crippen molar-refractivity contribution in [2.75, 3.05) is 0 Å². The molecule has 1 aliphatic carbocycles. The Labute approximate surface area is 84.3 Å². The lowest BCUT2D eigenvalue weighted by Gasteiger charge is -2.02. The average Bonchev–Trinajstić information content (AvgIpc) is 2.66. The zero-order chi connectivity index (χ0) is 10.3. The van der Waals surface area contributed by atoms with Gasteiger partial charge in [0.15, 0.2) is 0 Å². The maximum atomic E-state index is 8.78. The Balaban J connectivity index is 2.32. The Hall–Kier alpha value is -1.33. The predicted molar refractivity (Wildman–Crippen MR) is 55.7 cm³/mol. The monoisotopic (exact) mass is 186 g/mol. The summed E-state index contributed by atoms with van der Waals surface area (Å²) in [5.74, 6) is 0.413. The van der Waals surface area contributed by atoms with Crippen LogP contribution < -0.4 is 5.73 Å². The summed E-state index contributed by atoms with van der Waals surface area (Å²) in [6, 6.07) is 10.1. The maximum Gasteiger partial charge on any atom is 0.0991 e. The second-order valence-corrected chi connectivity index (χ2v) is 4.56. The number of hydrogen-bond acceptors (Lipinski definition) is 2. The van der Waals surface area contributed by atoms with Crippen LogP contribution in [0.1, 0.15) is 30.9 Å². The summed E-state index contributed by atoms with van der Waals surface area (Å²) >= 11 is 0. The molecule has 2 N–H and O–H groups in total. The van der Waals surface area contributed by atoms with Crippen LogP contribution >= 0.6 is 0 Å². The first-order chi connectivity index (χ1) is 6.57. The van der Waals surface area contributed by atoms with Crippen LogP contribution in [0.25, 0.3) is 0 Å². The molecule has 2 heteroatoms. The topological polar surface area (TPSA) is 49.8 Å². The summed E-state index contributed by atoms with van der Waals surface area (Å²) in [6.45, 7) is 4.34. The first kappa shape index (κ1) is 9.23. The van der Waals surface area contributed by atoms with Crippen molar-refractivity contribution in [1.29, 1.82) is 5.26 Å².